The highest BCUT2D eigenvalue weighted by Gasteiger charge is 2.43. The molecule has 2 unspecified atom stereocenters. The molecule has 1 aliphatic heterocycles. The Morgan fingerprint density at radius 1 is 0.709 bits per heavy atom. The molecule has 0 amide bonds. The number of hydrogen-bond donors (Lipinski definition) is 2. The van der Waals surface area contributed by atoms with Crippen LogP contribution in [0.25, 0.3) is 37.4 Å². The van der Waals surface area contributed by atoms with Crippen LogP contribution in [0, 0.1) is 0 Å². The molecular formula is C46H33NO6S2. The van der Waals surface area contributed by atoms with Gasteiger partial charge in [0.1, 0.15) is 0 Å². The number of rotatable bonds is 6. The normalized spacial score (nSPS) is 18.6. The van der Waals surface area contributed by atoms with Crippen molar-refractivity contribution in [3.8, 4) is 31.3 Å². The zero-order valence-electron chi connectivity index (χ0n) is 29.9. The maximum absolute atomic E-state index is 13.2. The number of allylic oxidation sites excluding steroid dienone is 1. The van der Waals surface area contributed by atoms with Crippen LogP contribution >= 0.6 is 22.7 Å². The van der Waals surface area contributed by atoms with Gasteiger partial charge in [0.2, 0.25) is 0 Å². The molecule has 2 atom stereocenters. The molecule has 0 bridgehead atoms. The van der Waals surface area contributed by atoms with E-state index in [4.69, 9.17) is 0 Å². The topological polar surface area (TPSA) is 112 Å². The molecule has 2 N–H and O–H groups in total. The number of benzene rings is 4. The summed E-state index contributed by atoms with van der Waals surface area (Å²) in [6.45, 7) is 4.67. The second-order valence-electron chi connectivity index (χ2n) is 15.3. The molecule has 4 aliphatic rings. The summed E-state index contributed by atoms with van der Waals surface area (Å²) in [7, 11) is 0. The number of nitrogens with zero attached hydrogens (tertiary/aromatic N) is 1. The molecule has 0 spiro atoms. The molecule has 9 heteroatoms. The molecule has 55 heavy (non-hydrogen) atoms. The number of thiophene rings is 2. The predicted octanol–water partition coefficient (Wildman–Crippen LogP) is 11.1. The summed E-state index contributed by atoms with van der Waals surface area (Å²) in [6, 6.07) is 33.3. The molecule has 4 aromatic carbocycles. The molecule has 3 aliphatic carbocycles. The molecule has 2 aromatic heterocycles. The Bertz CT molecular complexity index is 2690. The number of hydrogen-bond acceptors (Lipinski definition) is 7. The third kappa shape index (κ3) is 4.99. The number of fused-ring (bicyclic) bond motifs is 7. The van der Waals surface area contributed by atoms with Crippen LogP contribution in [0.5, 0.6) is 0 Å². The van der Waals surface area contributed by atoms with Gasteiger partial charge in [-0.05, 0) is 113 Å². The first-order valence-corrected chi connectivity index (χ1v) is 20.0. The molecule has 0 saturated heterocycles. The van der Waals surface area contributed by atoms with E-state index in [-0.39, 0.29) is 22.1 Å². The minimum atomic E-state index is -1.48. The lowest BCUT2D eigenvalue weighted by Crippen LogP contribution is -2.27. The predicted molar refractivity (Wildman–Crippen MR) is 217 cm³/mol. The minimum Gasteiger partial charge on any atom is -0.478 e. The lowest BCUT2D eigenvalue weighted by atomic mass is 9.82. The SMILES string of the molecule is CC1(C)c2ccccc2-c2ccc(N3c4ccc(-c5ccc(-c6ccc(C=C7C(=O)c8cc(C(=O)O)c(C(=O)O)cc8C7=O)s6)s5)cc4C4CCCC43)cc21. The number of carboxylic acids is 2. The second kappa shape index (κ2) is 12.1. The first-order valence-electron chi connectivity index (χ1n) is 18.3. The van der Waals surface area contributed by atoms with Crippen molar-refractivity contribution in [1.29, 1.82) is 0 Å². The number of carboxylic acid groups (broad SMARTS) is 2. The highest BCUT2D eigenvalue weighted by molar-refractivity contribution is 7.24. The Kier molecular flexibility index (Phi) is 7.37. The second-order valence-corrected chi connectivity index (χ2v) is 17.5. The van der Waals surface area contributed by atoms with Gasteiger partial charge in [0, 0.05) is 59.4 Å². The summed E-state index contributed by atoms with van der Waals surface area (Å²) in [4.78, 5) is 56.4. The van der Waals surface area contributed by atoms with E-state index in [1.807, 2.05) is 12.1 Å². The van der Waals surface area contributed by atoms with E-state index < -0.39 is 34.6 Å². The van der Waals surface area contributed by atoms with Gasteiger partial charge < -0.3 is 15.1 Å². The lowest BCUT2D eigenvalue weighted by Gasteiger charge is -2.29. The van der Waals surface area contributed by atoms with Gasteiger partial charge in [0.25, 0.3) is 0 Å². The summed E-state index contributed by atoms with van der Waals surface area (Å²) in [5.41, 5.74) is 9.21. The zero-order valence-corrected chi connectivity index (χ0v) is 31.5. The van der Waals surface area contributed by atoms with Crippen molar-refractivity contribution >= 4 is 63.6 Å². The number of carbonyl (C=O) groups is 4. The maximum Gasteiger partial charge on any atom is 0.336 e. The van der Waals surface area contributed by atoms with Crippen LogP contribution < -0.4 is 4.90 Å². The van der Waals surface area contributed by atoms with E-state index in [1.54, 1.807) is 11.3 Å². The number of carbonyl (C=O) groups excluding carboxylic acids is 2. The van der Waals surface area contributed by atoms with Gasteiger partial charge in [-0.3, -0.25) is 9.59 Å². The van der Waals surface area contributed by atoms with Crippen LogP contribution in [-0.4, -0.2) is 39.8 Å². The zero-order chi connectivity index (χ0) is 37.9. The van der Waals surface area contributed by atoms with Crippen molar-refractivity contribution in [2.24, 2.45) is 0 Å². The van der Waals surface area contributed by atoms with Crippen LogP contribution in [0.4, 0.5) is 11.4 Å². The quantitative estimate of drug-likeness (QED) is 0.128. The Hall–Kier alpha value is -5.90. The van der Waals surface area contributed by atoms with Crippen molar-refractivity contribution in [3.63, 3.8) is 0 Å². The van der Waals surface area contributed by atoms with Gasteiger partial charge in [-0.15, -0.1) is 22.7 Å². The number of aromatic carboxylic acids is 2. The van der Waals surface area contributed by atoms with Crippen LogP contribution in [0.3, 0.4) is 0 Å². The molecule has 6 aromatic rings. The van der Waals surface area contributed by atoms with Gasteiger partial charge in [0.05, 0.1) is 16.7 Å². The summed E-state index contributed by atoms with van der Waals surface area (Å²) < 4.78 is 0. The maximum atomic E-state index is 13.2. The van der Waals surface area contributed by atoms with Crippen LogP contribution in [0.1, 0.15) is 102 Å². The van der Waals surface area contributed by atoms with E-state index in [0.717, 1.165) is 26.8 Å². The molecule has 1 saturated carbocycles. The minimum absolute atomic E-state index is 0.0561. The lowest BCUT2D eigenvalue weighted by molar-refractivity contribution is 0.0651. The molecular weight excluding hydrogens is 727 g/mol. The summed E-state index contributed by atoms with van der Waals surface area (Å²) in [5, 5.41) is 19.0. The fourth-order valence-electron chi connectivity index (χ4n) is 9.37. The number of anilines is 2. The highest BCUT2D eigenvalue weighted by Crippen LogP contribution is 2.56. The fraction of sp³-hybridized carbons (Fsp3) is 0.174. The van der Waals surface area contributed by atoms with Gasteiger partial charge in [-0.2, -0.15) is 0 Å². The third-order valence-corrected chi connectivity index (χ3v) is 14.3. The Labute approximate surface area is 324 Å². The van der Waals surface area contributed by atoms with Gasteiger partial charge in [0.15, 0.2) is 11.6 Å². The van der Waals surface area contributed by atoms with Gasteiger partial charge in [-0.25, -0.2) is 9.59 Å². The van der Waals surface area contributed by atoms with Crippen molar-refractivity contribution in [2.75, 3.05) is 4.90 Å². The third-order valence-electron chi connectivity index (χ3n) is 12.0. The van der Waals surface area contributed by atoms with E-state index in [2.05, 4.69) is 91.5 Å². The first kappa shape index (κ1) is 33.7. The van der Waals surface area contributed by atoms with Crippen LogP contribution in [0.2, 0.25) is 0 Å². The number of ketones is 2. The molecule has 10 rings (SSSR count). The smallest absolute Gasteiger partial charge is 0.336 e. The van der Waals surface area contributed by atoms with Crippen LogP contribution in [0.15, 0.2) is 103 Å². The van der Waals surface area contributed by atoms with E-state index in [0.29, 0.717) is 16.8 Å². The van der Waals surface area contributed by atoms with Crippen LogP contribution in [-0.2, 0) is 5.41 Å². The monoisotopic (exact) mass is 759 g/mol. The fourth-order valence-corrected chi connectivity index (χ4v) is 11.4. The highest BCUT2D eigenvalue weighted by atomic mass is 32.1. The van der Waals surface area contributed by atoms with Crippen molar-refractivity contribution < 1.29 is 29.4 Å². The van der Waals surface area contributed by atoms with Gasteiger partial charge in [-0.1, -0.05) is 56.7 Å². The molecule has 270 valence electrons. The first-order chi connectivity index (χ1) is 26.5. The van der Waals surface area contributed by atoms with Crippen molar-refractivity contribution in [3.05, 3.63) is 146 Å². The largest absolute Gasteiger partial charge is 0.478 e. The van der Waals surface area contributed by atoms with Gasteiger partial charge >= 0.3 is 11.9 Å². The van der Waals surface area contributed by atoms with E-state index >= 15 is 0 Å². The molecule has 0 radical (unpaired) electrons. The van der Waals surface area contributed by atoms with Crippen molar-refractivity contribution in [1.82, 2.24) is 0 Å². The average molecular weight is 760 g/mol. The summed E-state index contributed by atoms with van der Waals surface area (Å²) >= 11 is 3.15. The number of Topliss-reactive ketones (excluding diaryl/α,β-unsaturated/α-hetero) is 2. The van der Waals surface area contributed by atoms with E-state index in [9.17, 15) is 29.4 Å². The average Bonchev–Trinajstić information content (AvgIpc) is 4.04. The summed E-state index contributed by atoms with van der Waals surface area (Å²) in [5.74, 6) is -3.70. The Balaban J connectivity index is 0.931. The molecule has 3 heterocycles. The Morgan fingerprint density at radius 3 is 2.13 bits per heavy atom. The Morgan fingerprint density at radius 2 is 1.38 bits per heavy atom. The molecule has 7 nitrogen and oxygen atoms in total. The summed E-state index contributed by atoms with van der Waals surface area (Å²) in [6.07, 6.45) is 5.08. The molecule has 1 fully saturated rings. The van der Waals surface area contributed by atoms with Crippen molar-refractivity contribution in [2.45, 2.75) is 50.5 Å². The standard InChI is InChI=1S/C46H33NO6S2/c1-46(2)35-8-4-3-6-26(35)27-13-11-24(19-36(27)46)47-37-9-5-7-28(37)29-18-23(10-14-38(29)47)39-16-17-41(55-39)40-15-12-25(54-40)20-34-42(48)30-21-32(44(50)51)33(45(52)53)22-31(30)43(34)49/h3-4,6,8,10-22,28,37H,5,7,9H2,1-2H3,(H,50,51)(H,52,53). The van der Waals surface area contributed by atoms with E-state index in [1.165, 1.54) is 81.4 Å².